The van der Waals surface area contributed by atoms with Crippen LogP contribution < -0.4 is 5.32 Å². The van der Waals surface area contributed by atoms with Gasteiger partial charge in [-0.2, -0.15) is 4.98 Å². The minimum atomic E-state index is -0.391. The molecule has 2 N–H and O–H groups in total. The predicted molar refractivity (Wildman–Crippen MR) is 93.9 cm³/mol. The number of carbonyl (C=O) groups excluding carboxylic acids is 1. The van der Waals surface area contributed by atoms with E-state index in [2.05, 4.69) is 20.4 Å². The maximum atomic E-state index is 12.3. The van der Waals surface area contributed by atoms with Crippen LogP contribution in [0.2, 0.25) is 0 Å². The molecule has 1 atom stereocenters. The summed E-state index contributed by atoms with van der Waals surface area (Å²) in [5.74, 6) is -0.0506. The molecule has 0 unspecified atom stereocenters. The monoisotopic (exact) mass is 332 g/mol. The first-order chi connectivity index (χ1) is 12.2. The van der Waals surface area contributed by atoms with Crippen LogP contribution in [-0.4, -0.2) is 21.0 Å². The zero-order chi connectivity index (χ0) is 17.2. The number of hydrogen-bond acceptors (Lipinski definition) is 4. The molecule has 2 heterocycles. The van der Waals surface area contributed by atoms with Gasteiger partial charge in [-0.15, -0.1) is 0 Å². The molecule has 0 aliphatic heterocycles. The number of benzene rings is 2. The first-order valence-electron chi connectivity index (χ1n) is 7.98. The van der Waals surface area contributed by atoms with Gasteiger partial charge in [-0.25, -0.2) is 0 Å². The molecule has 0 radical (unpaired) electrons. The molecule has 0 spiro atoms. The van der Waals surface area contributed by atoms with Gasteiger partial charge in [0.2, 0.25) is 5.82 Å². The Morgan fingerprint density at radius 1 is 1.16 bits per heavy atom. The van der Waals surface area contributed by atoms with E-state index in [4.69, 9.17) is 4.52 Å². The van der Waals surface area contributed by atoms with Crippen molar-refractivity contribution in [2.75, 3.05) is 0 Å². The smallest absolute Gasteiger partial charge is 0.316 e. The second kappa shape index (κ2) is 6.24. The van der Waals surface area contributed by atoms with Crippen molar-refractivity contribution >= 4 is 16.8 Å². The number of carbonyl (C=O) groups is 1. The molecule has 4 rings (SSSR count). The van der Waals surface area contributed by atoms with Gasteiger partial charge in [-0.1, -0.05) is 35.5 Å². The van der Waals surface area contributed by atoms with E-state index in [0.29, 0.717) is 5.82 Å². The zero-order valence-corrected chi connectivity index (χ0v) is 13.6. The zero-order valence-electron chi connectivity index (χ0n) is 13.6. The van der Waals surface area contributed by atoms with E-state index >= 15 is 0 Å². The minimum Gasteiger partial charge on any atom is -0.361 e. The molecule has 25 heavy (non-hydrogen) atoms. The van der Waals surface area contributed by atoms with E-state index in [0.717, 1.165) is 22.0 Å². The third kappa shape index (κ3) is 3.01. The van der Waals surface area contributed by atoms with E-state index in [1.54, 1.807) is 0 Å². The van der Waals surface area contributed by atoms with Crippen molar-refractivity contribution < 1.29 is 9.32 Å². The molecule has 0 bridgehead atoms. The average Bonchev–Trinajstić information content (AvgIpc) is 3.31. The van der Waals surface area contributed by atoms with E-state index in [9.17, 15) is 4.79 Å². The Balaban J connectivity index is 1.53. The maximum Gasteiger partial charge on any atom is 0.316 e. The summed E-state index contributed by atoms with van der Waals surface area (Å²) in [6.07, 6.45) is 1.87. The lowest BCUT2D eigenvalue weighted by Crippen LogP contribution is -2.26. The summed E-state index contributed by atoms with van der Waals surface area (Å²) in [6, 6.07) is 17.3. The number of aromatic nitrogens is 3. The summed E-state index contributed by atoms with van der Waals surface area (Å²) in [5.41, 5.74) is 2.83. The molecule has 4 aromatic rings. The summed E-state index contributed by atoms with van der Waals surface area (Å²) in [5, 5.41) is 7.83. The highest BCUT2D eigenvalue weighted by Crippen LogP contribution is 2.22. The summed E-state index contributed by atoms with van der Waals surface area (Å²) in [4.78, 5) is 19.7. The number of aromatic amines is 1. The average molecular weight is 332 g/mol. The van der Waals surface area contributed by atoms with Crippen LogP contribution in [0.1, 0.15) is 29.2 Å². The van der Waals surface area contributed by atoms with E-state index in [1.165, 1.54) is 0 Å². The summed E-state index contributed by atoms with van der Waals surface area (Å²) in [6.45, 7) is 1.91. The third-order valence-corrected chi connectivity index (χ3v) is 4.08. The molecular weight excluding hydrogens is 316 g/mol. The fourth-order valence-electron chi connectivity index (χ4n) is 2.71. The van der Waals surface area contributed by atoms with Crippen molar-refractivity contribution in [3.63, 3.8) is 0 Å². The van der Waals surface area contributed by atoms with Gasteiger partial charge in [0.15, 0.2) is 0 Å². The number of fused-ring (bicyclic) bond motifs is 1. The summed E-state index contributed by atoms with van der Waals surface area (Å²) in [7, 11) is 0. The van der Waals surface area contributed by atoms with E-state index in [1.807, 2.05) is 67.7 Å². The molecule has 0 aliphatic rings. The van der Waals surface area contributed by atoms with Gasteiger partial charge in [0.05, 0.1) is 6.04 Å². The van der Waals surface area contributed by atoms with E-state index in [-0.39, 0.29) is 11.9 Å². The van der Waals surface area contributed by atoms with E-state index < -0.39 is 5.91 Å². The van der Waals surface area contributed by atoms with Crippen molar-refractivity contribution in [1.29, 1.82) is 0 Å². The standard InChI is InChI=1S/C19H16N4O2/c1-12(13-5-3-2-4-6-13)21-18(24)19-22-17(23-25-19)15-7-8-16-14(11-15)9-10-20-16/h2-12,20H,1H3,(H,21,24)/t12-/m0/s1. The first kappa shape index (κ1) is 15.1. The lowest BCUT2D eigenvalue weighted by atomic mass is 10.1. The maximum absolute atomic E-state index is 12.3. The number of nitrogens with zero attached hydrogens (tertiary/aromatic N) is 2. The Hall–Kier alpha value is -3.41. The van der Waals surface area contributed by atoms with Crippen LogP contribution in [0.5, 0.6) is 0 Å². The molecule has 124 valence electrons. The minimum absolute atomic E-state index is 0.0491. The number of hydrogen-bond donors (Lipinski definition) is 2. The summed E-state index contributed by atoms with van der Waals surface area (Å²) >= 11 is 0. The molecule has 6 heteroatoms. The van der Waals surface area contributed by atoms with Crippen molar-refractivity contribution in [3.05, 3.63) is 72.2 Å². The molecule has 0 aliphatic carbocycles. The normalized spacial score (nSPS) is 12.2. The lowest BCUT2D eigenvalue weighted by Gasteiger charge is -2.12. The van der Waals surface area contributed by atoms with Crippen molar-refractivity contribution in [1.82, 2.24) is 20.4 Å². The molecule has 0 saturated carbocycles. The lowest BCUT2D eigenvalue weighted by molar-refractivity contribution is 0.0895. The van der Waals surface area contributed by atoms with Crippen LogP contribution >= 0.6 is 0 Å². The van der Waals surface area contributed by atoms with Crippen molar-refractivity contribution in [3.8, 4) is 11.4 Å². The number of H-pyrrole nitrogens is 1. The van der Waals surface area contributed by atoms with Crippen LogP contribution in [0, 0.1) is 0 Å². The molecule has 1 amide bonds. The molecule has 0 fully saturated rings. The van der Waals surface area contributed by atoms with Crippen molar-refractivity contribution in [2.24, 2.45) is 0 Å². The number of rotatable bonds is 4. The Labute approximate surface area is 143 Å². The summed E-state index contributed by atoms with van der Waals surface area (Å²) < 4.78 is 5.13. The van der Waals surface area contributed by atoms with Gasteiger partial charge < -0.3 is 14.8 Å². The van der Waals surface area contributed by atoms with Gasteiger partial charge in [-0.3, -0.25) is 4.79 Å². The van der Waals surface area contributed by atoms with Gasteiger partial charge >= 0.3 is 11.8 Å². The van der Waals surface area contributed by atoms with Crippen LogP contribution in [0.3, 0.4) is 0 Å². The topological polar surface area (TPSA) is 83.8 Å². The molecule has 2 aromatic heterocycles. The molecule has 6 nitrogen and oxygen atoms in total. The Bertz CT molecular complexity index is 1020. The number of amides is 1. The quantitative estimate of drug-likeness (QED) is 0.597. The second-order valence-corrected chi connectivity index (χ2v) is 5.81. The predicted octanol–water partition coefficient (Wildman–Crippen LogP) is 3.71. The molecule has 0 saturated heterocycles. The fraction of sp³-hybridized carbons (Fsp3) is 0.105. The van der Waals surface area contributed by atoms with Gasteiger partial charge in [0, 0.05) is 22.7 Å². The van der Waals surface area contributed by atoms with Crippen LogP contribution in [-0.2, 0) is 0 Å². The highest BCUT2D eigenvalue weighted by atomic mass is 16.5. The number of nitrogens with one attached hydrogen (secondary N) is 2. The van der Waals surface area contributed by atoms with Crippen LogP contribution in [0.25, 0.3) is 22.3 Å². The van der Waals surface area contributed by atoms with Crippen LogP contribution in [0.15, 0.2) is 65.3 Å². The Morgan fingerprint density at radius 2 is 2.00 bits per heavy atom. The highest BCUT2D eigenvalue weighted by Gasteiger charge is 2.18. The highest BCUT2D eigenvalue weighted by molar-refractivity contribution is 5.90. The van der Waals surface area contributed by atoms with Crippen molar-refractivity contribution in [2.45, 2.75) is 13.0 Å². The molecular formula is C19H16N4O2. The van der Waals surface area contributed by atoms with Gasteiger partial charge in [0.25, 0.3) is 0 Å². The molecule has 2 aromatic carbocycles. The SMILES string of the molecule is C[C@H](NC(=O)c1nc(-c2ccc3[nH]ccc3c2)no1)c1ccccc1. The van der Waals surface area contributed by atoms with Crippen LogP contribution in [0.4, 0.5) is 0 Å². The first-order valence-corrected chi connectivity index (χ1v) is 7.98. The largest absolute Gasteiger partial charge is 0.361 e. The third-order valence-electron chi connectivity index (χ3n) is 4.08. The van der Waals surface area contributed by atoms with Gasteiger partial charge in [-0.05, 0) is 36.8 Å². The fourth-order valence-corrected chi connectivity index (χ4v) is 2.71. The Morgan fingerprint density at radius 3 is 2.84 bits per heavy atom. The Kier molecular flexibility index (Phi) is 3.78. The second-order valence-electron chi connectivity index (χ2n) is 5.81. The van der Waals surface area contributed by atoms with Gasteiger partial charge in [0.1, 0.15) is 0 Å².